The van der Waals surface area contributed by atoms with Crippen molar-refractivity contribution in [3.63, 3.8) is 0 Å². The second-order valence-corrected chi connectivity index (χ2v) is 7.99. The van der Waals surface area contributed by atoms with Gasteiger partial charge in [-0.05, 0) is 43.9 Å². The van der Waals surface area contributed by atoms with Gasteiger partial charge in [0, 0.05) is 16.2 Å². The number of carbonyl (C=O) groups excluding carboxylic acids is 1. The molecule has 1 saturated carbocycles. The number of amides is 1. The summed E-state index contributed by atoms with van der Waals surface area (Å²) in [7, 11) is 1.40. The zero-order valence-corrected chi connectivity index (χ0v) is 13.3. The van der Waals surface area contributed by atoms with Crippen LogP contribution in [0.25, 0.3) is 0 Å². The molecule has 110 valence electrons. The Bertz CT molecular complexity index is 634. The van der Waals surface area contributed by atoms with Crippen LogP contribution >= 0.6 is 22.3 Å². The van der Waals surface area contributed by atoms with Crippen LogP contribution < -0.4 is 5.32 Å². The lowest BCUT2D eigenvalue weighted by Crippen LogP contribution is -2.53. The first-order valence-electron chi connectivity index (χ1n) is 6.34. The molecule has 0 saturated heterocycles. The highest BCUT2D eigenvalue weighted by atomic mass is 35.7. The molecule has 0 aromatic heterocycles. The summed E-state index contributed by atoms with van der Waals surface area (Å²) in [5.74, 6) is -0.362. The van der Waals surface area contributed by atoms with Gasteiger partial charge in [0.05, 0.1) is 15.5 Å². The molecule has 1 aliphatic rings. The Morgan fingerprint density at radius 2 is 2.05 bits per heavy atom. The first-order valence-corrected chi connectivity index (χ1v) is 9.03. The molecule has 4 nitrogen and oxygen atoms in total. The van der Waals surface area contributed by atoms with Crippen molar-refractivity contribution < 1.29 is 13.2 Å². The molecular formula is C13H15Cl2NO3S. The van der Waals surface area contributed by atoms with Crippen molar-refractivity contribution in [1.82, 2.24) is 5.32 Å². The van der Waals surface area contributed by atoms with Gasteiger partial charge in [0.2, 0.25) is 0 Å². The van der Waals surface area contributed by atoms with E-state index in [0.29, 0.717) is 0 Å². The van der Waals surface area contributed by atoms with Crippen LogP contribution in [0.5, 0.6) is 0 Å². The molecule has 1 aliphatic carbocycles. The highest BCUT2D eigenvalue weighted by molar-refractivity contribution is 8.13. The Balaban J connectivity index is 2.30. The van der Waals surface area contributed by atoms with E-state index in [1.165, 1.54) is 18.2 Å². The number of benzene rings is 1. The summed E-state index contributed by atoms with van der Waals surface area (Å²) in [5, 5.41) is 3.16. The average molecular weight is 336 g/mol. The standard InChI is InChI=1S/C13H15Cl2NO3S/c1-2-13(6-3-7-13)16-12(17)10-8-9(20(15,18)19)4-5-11(10)14/h4-5,8H,2-3,6-7H2,1H3,(H,16,17). The molecule has 0 spiro atoms. The fourth-order valence-electron chi connectivity index (χ4n) is 2.31. The highest BCUT2D eigenvalue weighted by Gasteiger charge is 2.37. The van der Waals surface area contributed by atoms with Gasteiger partial charge in [-0.25, -0.2) is 8.42 Å². The number of halogens is 2. The van der Waals surface area contributed by atoms with E-state index in [4.69, 9.17) is 22.3 Å². The van der Waals surface area contributed by atoms with Gasteiger partial charge in [0.15, 0.2) is 0 Å². The van der Waals surface area contributed by atoms with Gasteiger partial charge in [0.1, 0.15) is 0 Å². The maximum absolute atomic E-state index is 12.3. The number of nitrogens with one attached hydrogen (secondary N) is 1. The minimum Gasteiger partial charge on any atom is -0.347 e. The largest absolute Gasteiger partial charge is 0.347 e. The topological polar surface area (TPSA) is 63.2 Å². The van der Waals surface area contributed by atoms with E-state index in [-0.39, 0.29) is 26.9 Å². The molecule has 1 fully saturated rings. The molecule has 2 rings (SSSR count). The van der Waals surface area contributed by atoms with Crippen molar-refractivity contribution in [2.24, 2.45) is 0 Å². The van der Waals surface area contributed by atoms with Gasteiger partial charge >= 0.3 is 0 Å². The summed E-state index contributed by atoms with van der Waals surface area (Å²) in [6.07, 6.45) is 3.78. The lowest BCUT2D eigenvalue weighted by Gasteiger charge is -2.42. The Morgan fingerprint density at radius 3 is 2.50 bits per heavy atom. The number of rotatable bonds is 4. The predicted molar refractivity (Wildman–Crippen MR) is 78.8 cm³/mol. The highest BCUT2D eigenvalue weighted by Crippen LogP contribution is 2.35. The van der Waals surface area contributed by atoms with Gasteiger partial charge in [-0.15, -0.1) is 0 Å². The summed E-state index contributed by atoms with van der Waals surface area (Å²) in [4.78, 5) is 12.1. The molecule has 0 atom stereocenters. The monoisotopic (exact) mass is 335 g/mol. The Kier molecular flexibility index (Phi) is 4.33. The third-order valence-corrected chi connectivity index (χ3v) is 5.51. The van der Waals surface area contributed by atoms with Crippen LogP contribution in [0.15, 0.2) is 23.1 Å². The van der Waals surface area contributed by atoms with Gasteiger partial charge < -0.3 is 5.32 Å². The first-order chi connectivity index (χ1) is 9.27. The Hall–Kier alpha value is -0.780. The summed E-state index contributed by atoms with van der Waals surface area (Å²) in [6.45, 7) is 2.01. The second kappa shape index (κ2) is 5.54. The molecule has 1 amide bonds. The summed E-state index contributed by atoms with van der Waals surface area (Å²) in [5.41, 5.74) is -0.0518. The molecule has 0 unspecified atom stereocenters. The van der Waals surface area contributed by atoms with Crippen LogP contribution in [-0.4, -0.2) is 19.9 Å². The van der Waals surface area contributed by atoms with E-state index < -0.39 is 9.05 Å². The molecule has 0 aliphatic heterocycles. The van der Waals surface area contributed by atoms with Crippen LogP contribution in [0.2, 0.25) is 5.02 Å². The summed E-state index contributed by atoms with van der Waals surface area (Å²) >= 11 is 5.98. The molecule has 0 radical (unpaired) electrons. The minimum atomic E-state index is -3.88. The van der Waals surface area contributed by atoms with Crippen molar-refractivity contribution in [2.75, 3.05) is 0 Å². The van der Waals surface area contributed by atoms with E-state index in [1.54, 1.807) is 0 Å². The smallest absolute Gasteiger partial charge is 0.261 e. The normalized spacial score (nSPS) is 17.4. The maximum atomic E-state index is 12.3. The molecule has 1 aromatic rings. The van der Waals surface area contributed by atoms with Crippen LogP contribution in [-0.2, 0) is 9.05 Å². The first kappa shape index (κ1) is 15.6. The zero-order valence-electron chi connectivity index (χ0n) is 10.9. The van der Waals surface area contributed by atoms with E-state index in [1.807, 2.05) is 6.92 Å². The van der Waals surface area contributed by atoms with E-state index >= 15 is 0 Å². The van der Waals surface area contributed by atoms with Crippen LogP contribution in [0, 0.1) is 0 Å². The maximum Gasteiger partial charge on any atom is 0.261 e. The lowest BCUT2D eigenvalue weighted by atomic mass is 9.74. The molecule has 1 aromatic carbocycles. The molecule has 0 heterocycles. The van der Waals surface area contributed by atoms with Crippen LogP contribution in [0.4, 0.5) is 0 Å². The molecule has 7 heteroatoms. The fourth-order valence-corrected chi connectivity index (χ4v) is 3.29. The van der Waals surface area contributed by atoms with E-state index in [0.717, 1.165) is 25.7 Å². The molecular weight excluding hydrogens is 321 g/mol. The quantitative estimate of drug-likeness (QED) is 0.858. The molecule has 0 bridgehead atoms. The van der Waals surface area contributed by atoms with Crippen molar-refractivity contribution in [3.05, 3.63) is 28.8 Å². The van der Waals surface area contributed by atoms with Gasteiger partial charge in [0.25, 0.3) is 15.0 Å². The third kappa shape index (κ3) is 3.10. The van der Waals surface area contributed by atoms with Crippen molar-refractivity contribution in [2.45, 2.75) is 43.0 Å². The van der Waals surface area contributed by atoms with E-state index in [2.05, 4.69) is 5.32 Å². The van der Waals surface area contributed by atoms with Gasteiger partial charge in [-0.2, -0.15) is 0 Å². The van der Waals surface area contributed by atoms with Crippen LogP contribution in [0.1, 0.15) is 43.0 Å². The van der Waals surface area contributed by atoms with Crippen molar-refractivity contribution in [1.29, 1.82) is 0 Å². The van der Waals surface area contributed by atoms with Crippen molar-refractivity contribution >= 4 is 37.2 Å². The Labute approximate surface area is 127 Å². The minimum absolute atomic E-state index is 0.132. The van der Waals surface area contributed by atoms with Crippen LogP contribution in [0.3, 0.4) is 0 Å². The average Bonchev–Trinajstić information content (AvgIpc) is 2.32. The zero-order chi connectivity index (χ0) is 15.0. The predicted octanol–water partition coefficient (Wildman–Crippen LogP) is 3.33. The number of hydrogen-bond donors (Lipinski definition) is 1. The van der Waals surface area contributed by atoms with Gasteiger partial charge in [-0.1, -0.05) is 18.5 Å². The summed E-state index contributed by atoms with van der Waals surface area (Å²) in [6, 6.07) is 3.85. The lowest BCUT2D eigenvalue weighted by molar-refractivity contribution is 0.0820. The summed E-state index contributed by atoms with van der Waals surface area (Å²) < 4.78 is 22.6. The second-order valence-electron chi connectivity index (χ2n) is 5.02. The van der Waals surface area contributed by atoms with Gasteiger partial charge in [-0.3, -0.25) is 4.79 Å². The third-order valence-electron chi connectivity index (χ3n) is 3.83. The molecule has 1 N–H and O–H groups in total. The Morgan fingerprint density at radius 1 is 1.40 bits per heavy atom. The van der Waals surface area contributed by atoms with Crippen molar-refractivity contribution in [3.8, 4) is 0 Å². The molecule has 20 heavy (non-hydrogen) atoms. The van der Waals surface area contributed by atoms with E-state index in [9.17, 15) is 13.2 Å². The number of hydrogen-bond acceptors (Lipinski definition) is 3. The SMILES string of the molecule is CCC1(NC(=O)c2cc(S(=O)(=O)Cl)ccc2Cl)CCC1. The fraction of sp³-hybridized carbons (Fsp3) is 0.462. The number of carbonyl (C=O) groups is 1.